The number of para-hydroxylation sites is 1. The van der Waals surface area contributed by atoms with Crippen LogP contribution in [0.4, 0.5) is 0 Å². The normalized spacial score (nSPS) is 10.8. The van der Waals surface area contributed by atoms with Gasteiger partial charge in [0.15, 0.2) is 0 Å². The molecular weight excluding hydrogens is 399 g/mol. The topological polar surface area (TPSA) is 70.9 Å². The Labute approximate surface area is 172 Å². The summed E-state index contributed by atoms with van der Waals surface area (Å²) in [6, 6.07) is 18.4. The van der Waals surface area contributed by atoms with Gasteiger partial charge in [0, 0.05) is 26.7 Å². The quantitative estimate of drug-likeness (QED) is 0.438. The van der Waals surface area contributed by atoms with Crippen LogP contribution in [0.1, 0.15) is 21.5 Å². The van der Waals surface area contributed by atoms with Crippen LogP contribution in [-0.4, -0.2) is 17.2 Å². The number of hydrogen-bond acceptors (Lipinski definition) is 4. The Bertz CT molecular complexity index is 1000. The lowest BCUT2D eigenvalue weighted by molar-refractivity contribution is 0.0955. The van der Waals surface area contributed by atoms with E-state index in [1.807, 2.05) is 18.2 Å². The van der Waals surface area contributed by atoms with E-state index in [4.69, 9.17) is 27.9 Å². The van der Waals surface area contributed by atoms with Crippen LogP contribution in [0.5, 0.6) is 11.5 Å². The van der Waals surface area contributed by atoms with Crippen LogP contribution in [-0.2, 0) is 6.61 Å². The van der Waals surface area contributed by atoms with Gasteiger partial charge >= 0.3 is 0 Å². The minimum Gasteiger partial charge on any atom is -0.508 e. The summed E-state index contributed by atoms with van der Waals surface area (Å²) < 4.78 is 5.84. The van der Waals surface area contributed by atoms with E-state index in [-0.39, 0.29) is 18.3 Å². The fourth-order valence-electron chi connectivity index (χ4n) is 2.35. The van der Waals surface area contributed by atoms with Crippen LogP contribution in [0.2, 0.25) is 10.0 Å². The summed E-state index contributed by atoms with van der Waals surface area (Å²) in [6.07, 6.45) is 1.50. The fraction of sp³-hybridized carbons (Fsp3) is 0.0476. The summed E-state index contributed by atoms with van der Waals surface area (Å²) in [5.74, 6) is 0.297. The van der Waals surface area contributed by atoms with Crippen molar-refractivity contribution in [3.8, 4) is 11.5 Å². The Hall–Kier alpha value is -3.02. The third-order valence-electron chi connectivity index (χ3n) is 3.82. The van der Waals surface area contributed by atoms with Crippen molar-refractivity contribution >= 4 is 35.3 Å². The van der Waals surface area contributed by atoms with E-state index < -0.39 is 0 Å². The van der Waals surface area contributed by atoms with Crippen molar-refractivity contribution < 1.29 is 14.6 Å². The van der Waals surface area contributed by atoms with Crippen LogP contribution in [0.15, 0.2) is 71.8 Å². The predicted molar refractivity (Wildman–Crippen MR) is 110 cm³/mol. The molecule has 28 heavy (non-hydrogen) atoms. The molecule has 1 amide bonds. The Kier molecular flexibility index (Phi) is 6.53. The molecule has 3 rings (SSSR count). The molecule has 0 saturated carbocycles. The Morgan fingerprint density at radius 1 is 1.07 bits per heavy atom. The smallest absolute Gasteiger partial charge is 0.271 e. The first kappa shape index (κ1) is 19.7. The standard InChI is InChI=1S/C21H16Cl2N2O3/c22-17-8-5-16(19(23)11-17)13-28-20-4-2-1-3-15(20)12-24-25-21(27)14-6-9-18(26)10-7-14/h1-12,26H,13H2,(H,25,27)/b24-12+. The molecule has 0 aliphatic heterocycles. The van der Waals surface area contributed by atoms with E-state index in [9.17, 15) is 9.90 Å². The van der Waals surface area contributed by atoms with Gasteiger partial charge in [-0.1, -0.05) is 41.4 Å². The monoisotopic (exact) mass is 414 g/mol. The number of hydrogen-bond donors (Lipinski definition) is 2. The summed E-state index contributed by atoms with van der Waals surface area (Å²) in [5.41, 5.74) is 4.32. The van der Waals surface area contributed by atoms with Crippen molar-refractivity contribution in [1.82, 2.24) is 5.43 Å². The van der Waals surface area contributed by atoms with Crippen LogP contribution >= 0.6 is 23.2 Å². The van der Waals surface area contributed by atoms with E-state index in [0.29, 0.717) is 26.9 Å². The number of rotatable bonds is 6. The number of carbonyl (C=O) groups excluding carboxylic acids is 1. The zero-order chi connectivity index (χ0) is 19.9. The number of phenolic OH excluding ortho intramolecular Hbond substituents is 1. The molecular formula is C21H16Cl2N2O3. The first-order valence-electron chi connectivity index (χ1n) is 8.31. The maximum Gasteiger partial charge on any atom is 0.271 e. The van der Waals surface area contributed by atoms with E-state index in [0.717, 1.165) is 5.56 Å². The van der Waals surface area contributed by atoms with Crippen molar-refractivity contribution in [2.45, 2.75) is 6.61 Å². The van der Waals surface area contributed by atoms with Crippen molar-refractivity contribution in [2.75, 3.05) is 0 Å². The van der Waals surface area contributed by atoms with Crippen LogP contribution in [0.25, 0.3) is 0 Å². The summed E-state index contributed by atoms with van der Waals surface area (Å²) in [4.78, 5) is 12.0. The van der Waals surface area contributed by atoms with Crippen LogP contribution in [0, 0.1) is 0 Å². The summed E-state index contributed by atoms with van der Waals surface area (Å²) in [5, 5.41) is 14.3. The molecule has 2 N–H and O–H groups in total. The molecule has 142 valence electrons. The number of nitrogens with one attached hydrogen (secondary N) is 1. The zero-order valence-corrected chi connectivity index (χ0v) is 16.1. The molecule has 3 aromatic rings. The van der Waals surface area contributed by atoms with Gasteiger partial charge in [-0.3, -0.25) is 4.79 Å². The second-order valence-corrected chi connectivity index (χ2v) is 6.65. The number of ether oxygens (including phenoxy) is 1. The van der Waals surface area contributed by atoms with Gasteiger partial charge in [-0.05, 0) is 48.5 Å². The Morgan fingerprint density at radius 3 is 2.57 bits per heavy atom. The lowest BCUT2D eigenvalue weighted by atomic mass is 10.2. The molecule has 7 heteroatoms. The van der Waals surface area contributed by atoms with Crippen molar-refractivity contribution in [1.29, 1.82) is 0 Å². The average Bonchev–Trinajstić information content (AvgIpc) is 2.68. The van der Waals surface area contributed by atoms with Crippen molar-refractivity contribution in [3.63, 3.8) is 0 Å². The van der Waals surface area contributed by atoms with Gasteiger partial charge in [0.2, 0.25) is 0 Å². The van der Waals surface area contributed by atoms with Gasteiger partial charge in [-0.15, -0.1) is 0 Å². The molecule has 0 aliphatic carbocycles. The number of amides is 1. The lowest BCUT2D eigenvalue weighted by Crippen LogP contribution is -2.17. The molecule has 0 aromatic heterocycles. The molecule has 0 saturated heterocycles. The molecule has 0 radical (unpaired) electrons. The van der Waals surface area contributed by atoms with E-state index in [1.54, 1.807) is 24.3 Å². The summed E-state index contributed by atoms with van der Waals surface area (Å²) >= 11 is 12.1. The second-order valence-electron chi connectivity index (χ2n) is 5.81. The number of carbonyl (C=O) groups is 1. The highest BCUT2D eigenvalue weighted by Gasteiger charge is 2.06. The molecule has 0 bridgehead atoms. The Morgan fingerprint density at radius 2 is 1.82 bits per heavy atom. The molecule has 0 unspecified atom stereocenters. The molecule has 3 aromatic carbocycles. The second kappa shape index (κ2) is 9.26. The minimum absolute atomic E-state index is 0.0897. The first-order chi connectivity index (χ1) is 13.5. The predicted octanol–water partition coefficient (Wildman–Crippen LogP) is 5.04. The molecule has 5 nitrogen and oxygen atoms in total. The molecule has 0 spiro atoms. The minimum atomic E-state index is -0.386. The van der Waals surface area contributed by atoms with Gasteiger partial charge in [0.25, 0.3) is 5.91 Å². The fourth-order valence-corrected chi connectivity index (χ4v) is 2.81. The van der Waals surface area contributed by atoms with Gasteiger partial charge in [0.1, 0.15) is 18.1 Å². The SMILES string of the molecule is O=C(N/N=C/c1ccccc1OCc1ccc(Cl)cc1Cl)c1ccc(O)cc1. The summed E-state index contributed by atoms with van der Waals surface area (Å²) in [6.45, 7) is 0.265. The van der Waals surface area contributed by atoms with Crippen LogP contribution < -0.4 is 10.2 Å². The van der Waals surface area contributed by atoms with Gasteiger partial charge < -0.3 is 9.84 Å². The third-order valence-corrected chi connectivity index (χ3v) is 4.40. The maximum absolute atomic E-state index is 12.0. The zero-order valence-electron chi connectivity index (χ0n) is 14.6. The number of halogens is 2. The van der Waals surface area contributed by atoms with Crippen LogP contribution in [0.3, 0.4) is 0 Å². The number of hydrazone groups is 1. The van der Waals surface area contributed by atoms with Crippen molar-refractivity contribution in [2.24, 2.45) is 5.10 Å². The molecule has 0 atom stereocenters. The average molecular weight is 415 g/mol. The van der Waals surface area contributed by atoms with Gasteiger partial charge in [-0.2, -0.15) is 5.10 Å². The van der Waals surface area contributed by atoms with E-state index in [1.165, 1.54) is 30.5 Å². The van der Waals surface area contributed by atoms with Gasteiger partial charge in [0.05, 0.1) is 6.21 Å². The number of phenols is 1. The molecule has 0 fully saturated rings. The highest BCUT2D eigenvalue weighted by molar-refractivity contribution is 6.35. The highest BCUT2D eigenvalue weighted by Crippen LogP contribution is 2.24. The van der Waals surface area contributed by atoms with Crippen molar-refractivity contribution in [3.05, 3.63) is 93.5 Å². The number of benzene rings is 3. The maximum atomic E-state index is 12.0. The summed E-state index contributed by atoms with van der Waals surface area (Å²) in [7, 11) is 0. The molecule has 0 heterocycles. The Balaban J connectivity index is 1.65. The highest BCUT2D eigenvalue weighted by atomic mass is 35.5. The first-order valence-corrected chi connectivity index (χ1v) is 9.07. The lowest BCUT2D eigenvalue weighted by Gasteiger charge is -2.10. The number of aromatic hydroxyl groups is 1. The van der Waals surface area contributed by atoms with E-state index in [2.05, 4.69) is 10.5 Å². The van der Waals surface area contributed by atoms with E-state index >= 15 is 0 Å². The third kappa shape index (κ3) is 5.25. The molecule has 0 aliphatic rings. The number of nitrogens with zero attached hydrogens (tertiary/aromatic N) is 1. The van der Waals surface area contributed by atoms with Gasteiger partial charge in [-0.25, -0.2) is 5.43 Å². The largest absolute Gasteiger partial charge is 0.508 e.